The van der Waals surface area contributed by atoms with Gasteiger partial charge in [0.25, 0.3) is 0 Å². The molecule has 2 heteroatoms. The van der Waals surface area contributed by atoms with Crippen LogP contribution in [0.1, 0.15) is 38.5 Å². The highest BCUT2D eigenvalue weighted by molar-refractivity contribution is 4.90. The van der Waals surface area contributed by atoms with E-state index in [0.29, 0.717) is 6.04 Å². The summed E-state index contributed by atoms with van der Waals surface area (Å²) in [6.07, 6.45) is 8.44. The summed E-state index contributed by atoms with van der Waals surface area (Å²) < 4.78 is 0. The molecule has 0 aromatic rings. The van der Waals surface area contributed by atoms with Crippen LogP contribution in [0.15, 0.2) is 0 Å². The first-order chi connectivity index (χ1) is 7.31. The monoisotopic (exact) mass is 208 g/mol. The Kier molecular flexibility index (Phi) is 2.73. The van der Waals surface area contributed by atoms with Gasteiger partial charge in [-0.2, -0.15) is 0 Å². The van der Waals surface area contributed by atoms with E-state index in [2.05, 4.69) is 4.90 Å². The summed E-state index contributed by atoms with van der Waals surface area (Å²) in [6.45, 7) is 4.15. The molecule has 2 nitrogen and oxygen atoms in total. The first-order valence-electron chi connectivity index (χ1n) is 6.79. The van der Waals surface area contributed by atoms with Gasteiger partial charge < -0.3 is 10.6 Å². The SMILES string of the molecule is NC1CCC(CN2CC3CCCC3C2)C1. The van der Waals surface area contributed by atoms with Crippen molar-refractivity contribution in [3.63, 3.8) is 0 Å². The fourth-order valence-corrected chi connectivity index (χ4v) is 4.13. The van der Waals surface area contributed by atoms with E-state index >= 15 is 0 Å². The maximum atomic E-state index is 5.97. The van der Waals surface area contributed by atoms with Crippen LogP contribution in [-0.4, -0.2) is 30.6 Å². The largest absolute Gasteiger partial charge is 0.328 e. The van der Waals surface area contributed by atoms with E-state index in [0.717, 1.165) is 17.8 Å². The molecular weight excluding hydrogens is 184 g/mol. The fourth-order valence-electron chi connectivity index (χ4n) is 4.13. The normalized spacial score (nSPS) is 46.2. The Balaban J connectivity index is 1.49. The topological polar surface area (TPSA) is 29.3 Å². The van der Waals surface area contributed by atoms with Gasteiger partial charge in [-0.1, -0.05) is 6.42 Å². The highest BCUT2D eigenvalue weighted by Crippen LogP contribution is 2.38. The van der Waals surface area contributed by atoms with Crippen LogP contribution in [0.2, 0.25) is 0 Å². The minimum atomic E-state index is 0.511. The smallest absolute Gasteiger partial charge is 0.00420 e. The van der Waals surface area contributed by atoms with Crippen LogP contribution in [0.25, 0.3) is 0 Å². The zero-order valence-electron chi connectivity index (χ0n) is 9.70. The minimum Gasteiger partial charge on any atom is -0.328 e. The highest BCUT2D eigenvalue weighted by atomic mass is 15.2. The van der Waals surface area contributed by atoms with E-state index in [1.807, 2.05) is 0 Å². The number of nitrogens with zero attached hydrogens (tertiary/aromatic N) is 1. The lowest BCUT2D eigenvalue weighted by molar-refractivity contribution is 0.260. The average molecular weight is 208 g/mol. The molecule has 4 unspecified atom stereocenters. The van der Waals surface area contributed by atoms with Gasteiger partial charge in [-0.3, -0.25) is 0 Å². The van der Waals surface area contributed by atoms with Crippen molar-refractivity contribution in [2.24, 2.45) is 23.5 Å². The summed E-state index contributed by atoms with van der Waals surface area (Å²) in [5, 5.41) is 0. The Morgan fingerprint density at radius 3 is 2.33 bits per heavy atom. The van der Waals surface area contributed by atoms with Crippen molar-refractivity contribution < 1.29 is 0 Å². The van der Waals surface area contributed by atoms with Gasteiger partial charge in [-0.05, 0) is 49.9 Å². The first kappa shape index (κ1) is 10.1. The molecule has 15 heavy (non-hydrogen) atoms. The summed E-state index contributed by atoms with van der Waals surface area (Å²) in [6, 6.07) is 0.511. The molecule has 2 saturated carbocycles. The second-order valence-corrected chi connectivity index (χ2v) is 6.11. The Morgan fingerprint density at radius 1 is 1.00 bits per heavy atom. The molecule has 1 aliphatic heterocycles. The Morgan fingerprint density at radius 2 is 1.73 bits per heavy atom. The van der Waals surface area contributed by atoms with E-state index in [1.165, 1.54) is 58.2 Å². The molecular formula is C13H24N2. The maximum absolute atomic E-state index is 5.97. The van der Waals surface area contributed by atoms with Crippen LogP contribution in [0.5, 0.6) is 0 Å². The standard InChI is InChI=1S/C13H24N2/c14-13-5-4-10(6-13)7-15-8-11-2-1-3-12(11)9-15/h10-13H,1-9,14H2. The highest BCUT2D eigenvalue weighted by Gasteiger charge is 2.37. The molecule has 3 fully saturated rings. The number of hydrogen-bond acceptors (Lipinski definition) is 2. The maximum Gasteiger partial charge on any atom is 0.00420 e. The number of nitrogens with two attached hydrogens (primary N) is 1. The number of hydrogen-bond donors (Lipinski definition) is 1. The molecule has 86 valence electrons. The van der Waals surface area contributed by atoms with E-state index in [9.17, 15) is 0 Å². The third-order valence-corrected chi connectivity index (χ3v) is 4.90. The molecule has 1 heterocycles. The lowest BCUT2D eigenvalue weighted by atomic mass is 10.0. The summed E-state index contributed by atoms with van der Waals surface area (Å²) in [5.74, 6) is 3.03. The Hall–Kier alpha value is -0.0800. The van der Waals surface area contributed by atoms with Crippen LogP contribution in [0.4, 0.5) is 0 Å². The predicted octanol–water partition coefficient (Wildman–Crippen LogP) is 1.85. The molecule has 0 spiro atoms. The van der Waals surface area contributed by atoms with Crippen molar-refractivity contribution in [2.45, 2.75) is 44.6 Å². The van der Waals surface area contributed by atoms with Crippen molar-refractivity contribution in [1.82, 2.24) is 4.90 Å². The molecule has 0 radical (unpaired) electrons. The summed E-state index contributed by atoms with van der Waals surface area (Å²) in [4.78, 5) is 2.73. The molecule has 2 N–H and O–H groups in total. The van der Waals surface area contributed by atoms with Crippen molar-refractivity contribution >= 4 is 0 Å². The van der Waals surface area contributed by atoms with Gasteiger partial charge in [0, 0.05) is 25.7 Å². The molecule has 4 atom stereocenters. The van der Waals surface area contributed by atoms with E-state index < -0.39 is 0 Å². The van der Waals surface area contributed by atoms with Gasteiger partial charge in [0.15, 0.2) is 0 Å². The summed E-state index contributed by atoms with van der Waals surface area (Å²) in [5.41, 5.74) is 5.97. The van der Waals surface area contributed by atoms with Crippen LogP contribution >= 0.6 is 0 Å². The van der Waals surface area contributed by atoms with E-state index in [-0.39, 0.29) is 0 Å². The van der Waals surface area contributed by atoms with Crippen LogP contribution in [0.3, 0.4) is 0 Å². The number of rotatable bonds is 2. The predicted molar refractivity (Wildman–Crippen MR) is 62.6 cm³/mol. The van der Waals surface area contributed by atoms with Crippen LogP contribution < -0.4 is 5.73 Å². The molecule has 1 saturated heterocycles. The van der Waals surface area contributed by atoms with Crippen molar-refractivity contribution in [2.75, 3.05) is 19.6 Å². The summed E-state index contributed by atoms with van der Waals surface area (Å²) in [7, 11) is 0. The lowest BCUT2D eigenvalue weighted by Crippen LogP contribution is -2.28. The molecule has 0 aromatic carbocycles. The molecule has 2 aliphatic carbocycles. The van der Waals surface area contributed by atoms with Gasteiger partial charge >= 0.3 is 0 Å². The van der Waals surface area contributed by atoms with Crippen molar-refractivity contribution in [1.29, 1.82) is 0 Å². The Bertz CT molecular complexity index is 217. The van der Waals surface area contributed by atoms with Crippen molar-refractivity contribution in [3.8, 4) is 0 Å². The molecule has 0 amide bonds. The molecule has 0 bridgehead atoms. The Labute approximate surface area is 93.2 Å². The lowest BCUT2D eigenvalue weighted by Gasteiger charge is -2.21. The zero-order valence-corrected chi connectivity index (χ0v) is 9.70. The fraction of sp³-hybridized carbons (Fsp3) is 1.00. The first-order valence-corrected chi connectivity index (χ1v) is 6.79. The number of fused-ring (bicyclic) bond motifs is 1. The van der Waals surface area contributed by atoms with Gasteiger partial charge in [-0.25, -0.2) is 0 Å². The van der Waals surface area contributed by atoms with Crippen LogP contribution in [0, 0.1) is 17.8 Å². The number of likely N-dealkylation sites (tertiary alicyclic amines) is 1. The van der Waals surface area contributed by atoms with Gasteiger partial charge in [0.2, 0.25) is 0 Å². The minimum absolute atomic E-state index is 0.511. The van der Waals surface area contributed by atoms with Gasteiger partial charge in [0.05, 0.1) is 0 Å². The zero-order chi connectivity index (χ0) is 10.3. The molecule has 3 aliphatic rings. The third-order valence-electron chi connectivity index (χ3n) is 4.90. The second-order valence-electron chi connectivity index (χ2n) is 6.11. The van der Waals surface area contributed by atoms with E-state index in [4.69, 9.17) is 5.73 Å². The molecule has 3 rings (SSSR count). The van der Waals surface area contributed by atoms with Crippen molar-refractivity contribution in [3.05, 3.63) is 0 Å². The average Bonchev–Trinajstić information content (AvgIpc) is 2.81. The summed E-state index contributed by atoms with van der Waals surface area (Å²) >= 11 is 0. The quantitative estimate of drug-likeness (QED) is 0.750. The van der Waals surface area contributed by atoms with Gasteiger partial charge in [0.1, 0.15) is 0 Å². The second kappa shape index (κ2) is 4.06. The van der Waals surface area contributed by atoms with E-state index in [1.54, 1.807) is 0 Å². The van der Waals surface area contributed by atoms with Gasteiger partial charge in [-0.15, -0.1) is 0 Å². The van der Waals surface area contributed by atoms with Crippen LogP contribution in [-0.2, 0) is 0 Å². The molecule has 0 aromatic heterocycles. The third kappa shape index (κ3) is 2.07.